The van der Waals surface area contributed by atoms with Gasteiger partial charge in [-0.1, -0.05) is 30.3 Å². The van der Waals surface area contributed by atoms with E-state index in [0.717, 1.165) is 19.6 Å². The van der Waals surface area contributed by atoms with Gasteiger partial charge in [-0.2, -0.15) is 0 Å². The molecule has 1 unspecified atom stereocenters. The van der Waals surface area contributed by atoms with Crippen molar-refractivity contribution in [3.63, 3.8) is 0 Å². The molecule has 3 nitrogen and oxygen atoms in total. The van der Waals surface area contributed by atoms with E-state index >= 15 is 0 Å². The van der Waals surface area contributed by atoms with Gasteiger partial charge < -0.3 is 10.4 Å². The van der Waals surface area contributed by atoms with E-state index in [1.54, 1.807) is 0 Å². The average molecular weight is 234 g/mol. The predicted octanol–water partition coefficient (Wildman–Crippen LogP) is 1.40. The Kier molecular flexibility index (Phi) is 4.15. The van der Waals surface area contributed by atoms with Gasteiger partial charge >= 0.3 is 0 Å². The third kappa shape index (κ3) is 3.06. The number of aliphatic hydroxyl groups is 1. The third-order valence-corrected chi connectivity index (χ3v) is 3.39. The van der Waals surface area contributed by atoms with Crippen LogP contribution in [-0.2, 0) is 0 Å². The maximum Gasteiger partial charge on any atom is 0.0708 e. The van der Waals surface area contributed by atoms with Crippen molar-refractivity contribution in [2.75, 3.05) is 19.6 Å². The Morgan fingerprint density at radius 2 is 2.06 bits per heavy atom. The molecule has 1 aromatic carbocycles. The lowest BCUT2D eigenvalue weighted by molar-refractivity contribution is 0.0438. The highest BCUT2D eigenvalue weighted by atomic mass is 16.3. The summed E-state index contributed by atoms with van der Waals surface area (Å²) >= 11 is 0. The monoisotopic (exact) mass is 234 g/mol. The maximum absolute atomic E-state index is 10.0. The lowest BCUT2D eigenvalue weighted by Gasteiger charge is -2.39. The molecule has 0 saturated carbocycles. The van der Waals surface area contributed by atoms with Crippen molar-refractivity contribution in [2.24, 2.45) is 0 Å². The Balaban J connectivity index is 2.17. The molecule has 94 valence electrons. The van der Waals surface area contributed by atoms with Gasteiger partial charge in [0.2, 0.25) is 0 Å². The fraction of sp³-hybridized carbons (Fsp3) is 0.571. The molecule has 17 heavy (non-hydrogen) atoms. The highest BCUT2D eigenvalue weighted by Crippen LogP contribution is 2.25. The number of benzene rings is 1. The molecule has 0 bridgehead atoms. The minimum Gasteiger partial charge on any atom is -0.391 e. The average Bonchev–Trinajstić information content (AvgIpc) is 2.30. The molecule has 0 amide bonds. The molecule has 1 aliphatic heterocycles. The maximum atomic E-state index is 10.0. The van der Waals surface area contributed by atoms with E-state index < -0.39 is 0 Å². The Morgan fingerprint density at radius 1 is 1.35 bits per heavy atom. The van der Waals surface area contributed by atoms with Crippen molar-refractivity contribution >= 4 is 0 Å². The molecule has 0 aliphatic carbocycles. The highest BCUT2D eigenvalue weighted by molar-refractivity contribution is 5.20. The topological polar surface area (TPSA) is 35.5 Å². The summed E-state index contributed by atoms with van der Waals surface area (Å²) in [6.45, 7) is 7.05. The van der Waals surface area contributed by atoms with Crippen LogP contribution in [0.5, 0.6) is 0 Å². The summed E-state index contributed by atoms with van der Waals surface area (Å²) in [6.07, 6.45) is -0.345. The zero-order chi connectivity index (χ0) is 12.3. The van der Waals surface area contributed by atoms with Crippen molar-refractivity contribution in [1.29, 1.82) is 0 Å². The number of hydrogen-bond acceptors (Lipinski definition) is 3. The molecule has 1 aromatic rings. The van der Waals surface area contributed by atoms with Gasteiger partial charge in [0.25, 0.3) is 0 Å². The smallest absolute Gasteiger partial charge is 0.0708 e. The summed E-state index contributed by atoms with van der Waals surface area (Å²) in [5.74, 6) is 0. The Bertz CT molecular complexity index is 339. The summed E-state index contributed by atoms with van der Waals surface area (Å²) in [4.78, 5) is 2.38. The summed E-state index contributed by atoms with van der Waals surface area (Å²) in [7, 11) is 0. The molecular weight excluding hydrogens is 212 g/mol. The van der Waals surface area contributed by atoms with Gasteiger partial charge in [-0.25, -0.2) is 0 Å². The number of rotatable bonds is 3. The zero-order valence-corrected chi connectivity index (χ0v) is 10.6. The second-order valence-corrected chi connectivity index (χ2v) is 4.95. The lowest BCUT2D eigenvalue weighted by Crippen LogP contribution is -2.52. The number of nitrogens with one attached hydrogen (secondary N) is 1. The van der Waals surface area contributed by atoms with Gasteiger partial charge in [0.1, 0.15) is 0 Å². The summed E-state index contributed by atoms with van der Waals surface area (Å²) in [6, 6.07) is 10.9. The first kappa shape index (κ1) is 12.6. The van der Waals surface area contributed by atoms with E-state index in [4.69, 9.17) is 0 Å². The molecule has 2 rings (SSSR count). The van der Waals surface area contributed by atoms with E-state index in [0.29, 0.717) is 6.04 Å². The van der Waals surface area contributed by atoms with E-state index in [9.17, 15) is 5.11 Å². The third-order valence-electron chi connectivity index (χ3n) is 3.39. The SMILES string of the molecule is CC(O)[C@@H](c1ccccc1)N1CCN[C@H](C)C1. The molecule has 2 N–H and O–H groups in total. The Hall–Kier alpha value is -0.900. The van der Waals surface area contributed by atoms with Gasteiger partial charge in [-0.15, -0.1) is 0 Å². The number of hydrogen-bond donors (Lipinski definition) is 2. The first-order chi connectivity index (χ1) is 8.18. The molecule has 1 aliphatic rings. The van der Waals surface area contributed by atoms with Crippen LogP contribution >= 0.6 is 0 Å². The van der Waals surface area contributed by atoms with Crippen LogP contribution in [0.4, 0.5) is 0 Å². The largest absolute Gasteiger partial charge is 0.391 e. The van der Waals surface area contributed by atoms with E-state index in [-0.39, 0.29) is 12.1 Å². The summed E-state index contributed by atoms with van der Waals surface area (Å²) in [5.41, 5.74) is 1.21. The van der Waals surface area contributed by atoms with Crippen LogP contribution in [0, 0.1) is 0 Å². The van der Waals surface area contributed by atoms with Crippen LogP contribution in [-0.4, -0.2) is 41.8 Å². The van der Waals surface area contributed by atoms with Crippen LogP contribution in [0.25, 0.3) is 0 Å². The Morgan fingerprint density at radius 3 is 2.65 bits per heavy atom. The summed E-state index contributed by atoms with van der Waals surface area (Å²) < 4.78 is 0. The van der Waals surface area contributed by atoms with Crippen molar-refractivity contribution in [3.8, 4) is 0 Å². The molecule has 0 radical (unpaired) electrons. The van der Waals surface area contributed by atoms with Crippen molar-refractivity contribution in [3.05, 3.63) is 35.9 Å². The number of nitrogens with zero attached hydrogens (tertiary/aromatic N) is 1. The first-order valence-corrected chi connectivity index (χ1v) is 6.39. The Labute approximate surface area is 103 Å². The molecule has 0 aromatic heterocycles. The van der Waals surface area contributed by atoms with Gasteiger partial charge in [-0.05, 0) is 19.4 Å². The molecule has 0 spiro atoms. The fourth-order valence-electron chi connectivity index (χ4n) is 2.66. The van der Waals surface area contributed by atoms with Crippen LogP contribution < -0.4 is 5.32 Å². The minimum atomic E-state index is -0.345. The van der Waals surface area contributed by atoms with Crippen molar-refractivity contribution < 1.29 is 5.11 Å². The second-order valence-electron chi connectivity index (χ2n) is 4.95. The predicted molar refractivity (Wildman–Crippen MR) is 69.9 cm³/mol. The van der Waals surface area contributed by atoms with Crippen LogP contribution in [0.2, 0.25) is 0 Å². The first-order valence-electron chi connectivity index (χ1n) is 6.39. The quantitative estimate of drug-likeness (QED) is 0.830. The van der Waals surface area contributed by atoms with Crippen LogP contribution in [0.15, 0.2) is 30.3 Å². The molecule has 1 saturated heterocycles. The van der Waals surface area contributed by atoms with Crippen LogP contribution in [0.3, 0.4) is 0 Å². The lowest BCUT2D eigenvalue weighted by atomic mass is 9.99. The van der Waals surface area contributed by atoms with Gasteiger partial charge in [0.05, 0.1) is 12.1 Å². The molecular formula is C14H22N2O. The fourth-order valence-corrected chi connectivity index (χ4v) is 2.66. The molecule has 1 heterocycles. The van der Waals surface area contributed by atoms with Crippen LogP contribution in [0.1, 0.15) is 25.5 Å². The standard InChI is InChI=1S/C14H22N2O/c1-11-10-16(9-8-15-11)14(12(2)17)13-6-4-3-5-7-13/h3-7,11-12,14-15,17H,8-10H2,1-2H3/t11-,12?,14+/m1/s1. The van der Waals surface area contributed by atoms with Gasteiger partial charge in [0.15, 0.2) is 0 Å². The zero-order valence-electron chi connectivity index (χ0n) is 10.6. The number of piperazine rings is 1. The highest BCUT2D eigenvalue weighted by Gasteiger charge is 2.27. The molecule has 1 fully saturated rings. The van der Waals surface area contributed by atoms with E-state index in [2.05, 4.69) is 29.3 Å². The second kappa shape index (κ2) is 5.63. The van der Waals surface area contributed by atoms with E-state index in [1.807, 2.05) is 25.1 Å². The van der Waals surface area contributed by atoms with Gasteiger partial charge in [-0.3, -0.25) is 4.90 Å². The van der Waals surface area contributed by atoms with Crippen molar-refractivity contribution in [1.82, 2.24) is 10.2 Å². The molecule has 3 heteroatoms. The normalized spacial score (nSPS) is 25.5. The van der Waals surface area contributed by atoms with Gasteiger partial charge in [0, 0.05) is 25.7 Å². The summed E-state index contributed by atoms with van der Waals surface area (Å²) in [5, 5.41) is 13.5. The van der Waals surface area contributed by atoms with Crippen molar-refractivity contribution in [2.45, 2.75) is 32.0 Å². The number of aliphatic hydroxyl groups excluding tert-OH is 1. The van der Waals surface area contributed by atoms with E-state index in [1.165, 1.54) is 5.56 Å². The molecule has 3 atom stereocenters. The minimum absolute atomic E-state index is 0.112.